The molecule has 110 valence electrons. The molecule has 1 atom stereocenters. The number of Topliss-reactive ketones (excluding diaryl/α,β-unsaturated/α-hetero) is 1. The van der Waals surface area contributed by atoms with Crippen LogP contribution in [0.15, 0.2) is 29.4 Å². The van der Waals surface area contributed by atoms with Crippen LogP contribution in [0.1, 0.15) is 34.1 Å². The number of hydrogen-bond acceptors (Lipinski definition) is 5. The van der Waals surface area contributed by atoms with Crippen LogP contribution >= 0.6 is 11.8 Å². The van der Waals surface area contributed by atoms with Crippen molar-refractivity contribution in [3.05, 3.63) is 46.6 Å². The fraction of sp³-hybridized carbons (Fsp3) is 0.312. The summed E-state index contributed by atoms with van der Waals surface area (Å²) in [5.41, 5.74) is 9.53. The third-order valence-electron chi connectivity index (χ3n) is 3.30. The molecule has 0 aliphatic carbocycles. The first-order valence-corrected chi connectivity index (χ1v) is 7.64. The second-order valence-corrected chi connectivity index (χ2v) is 6.45. The van der Waals surface area contributed by atoms with Crippen molar-refractivity contribution >= 4 is 23.4 Å². The van der Waals surface area contributed by atoms with Crippen LogP contribution in [0.5, 0.6) is 0 Å². The molecule has 0 spiro atoms. The molecule has 2 aromatic rings. The first-order chi connectivity index (χ1) is 9.86. The van der Waals surface area contributed by atoms with E-state index in [9.17, 15) is 4.79 Å². The van der Waals surface area contributed by atoms with Crippen molar-refractivity contribution in [3.8, 4) is 0 Å². The third kappa shape index (κ3) is 3.82. The number of anilines is 1. The number of hydrogen-bond donors (Lipinski definition) is 1. The third-order valence-corrected chi connectivity index (χ3v) is 4.26. The standard InChI is InChI=1S/C16H19N3OS/c1-9-5-6-13(7-10(9)2)15(20)12(4)21-16-18-11(3)8-14(17)19-16/h5-8,12H,1-4H3,(H2,17,18,19). The second kappa shape index (κ2) is 6.26. The summed E-state index contributed by atoms with van der Waals surface area (Å²) in [7, 11) is 0. The molecule has 0 amide bonds. The summed E-state index contributed by atoms with van der Waals surface area (Å²) in [6.45, 7) is 7.77. The number of aryl methyl sites for hydroxylation is 3. The minimum absolute atomic E-state index is 0.0757. The van der Waals surface area contributed by atoms with Gasteiger partial charge in [-0.2, -0.15) is 0 Å². The molecule has 0 aliphatic rings. The number of ketones is 1. The van der Waals surface area contributed by atoms with Crippen molar-refractivity contribution in [1.82, 2.24) is 9.97 Å². The van der Waals surface area contributed by atoms with E-state index in [2.05, 4.69) is 9.97 Å². The number of carbonyl (C=O) groups excluding carboxylic acids is 1. The van der Waals surface area contributed by atoms with Crippen molar-refractivity contribution in [3.63, 3.8) is 0 Å². The number of aromatic nitrogens is 2. The van der Waals surface area contributed by atoms with E-state index in [0.717, 1.165) is 16.8 Å². The van der Waals surface area contributed by atoms with Gasteiger partial charge in [0, 0.05) is 17.3 Å². The molecule has 0 aliphatic heterocycles. The Labute approximate surface area is 129 Å². The second-order valence-electron chi connectivity index (χ2n) is 5.14. The first-order valence-electron chi connectivity index (χ1n) is 6.76. The highest BCUT2D eigenvalue weighted by molar-refractivity contribution is 8.00. The van der Waals surface area contributed by atoms with Gasteiger partial charge >= 0.3 is 0 Å². The summed E-state index contributed by atoms with van der Waals surface area (Å²) in [6.07, 6.45) is 0. The first kappa shape index (κ1) is 15.5. The van der Waals surface area contributed by atoms with Crippen LogP contribution in [-0.2, 0) is 0 Å². The highest BCUT2D eigenvalue weighted by Crippen LogP contribution is 2.24. The molecule has 1 heterocycles. The van der Waals surface area contributed by atoms with Gasteiger partial charge in [-0.3, -0.25) is 4.79 Å². The van der Waals surface area contributed by atoms with Crippen molar-refractivity contribution in [1.29, 1.82) is 0 Å². The zero-order chi connectivity index (χ0) is 15.6. The van der Waals surface area contributed by atoms with Gasteiger partial charge in [0.15, 0.2) is 10.9 Å². The quantitative estimate of drug-likeness (QED) is 0.533. The monoisotopic (exact) mass is 301 g/mol. The van der Waals surface area contributed by atoms with E-state index in [1.165, 1.54) is 17.3 Å². The molecule has 2 N–H and O–H groups in total. The number of nitrogen functional groups attached to an aromatic ring is 1. The van der Waals surface area contributed by atoms with Crippen LogP contribution in [-0.4, -0.2) is 21.0 Å². The van der Waals surface area contributed by atoms with E-state index < -0.39 is 0 Å². The lowest BCUT2D eigenvalue weighted by Crippen LogP contribution is -2.14. The van der Waals surface area contributed by atoms with Gasteiger partial charge in [0.2, 0.25) is 0 Å². The topological polar surface area (TPSA) is 68.9 Å². The SMILES string of the molecule is Cc1cc(N)nc(SC(C)C(=O)c2ccc(C)c(C)c2)n1. The van der Waals surface area contributed by atoms with Crippen LogP contribution in [0, 0.1) is 20.8 Å². The Morgan fingerprint density at radius 3 is 2.48 bits per heavy atom. The van der Waals surface area contributed by atoms with E-state index in [0.29, 0.717) is 11.0 Å². The normalized spacial score (nSPS) is 12.2. The maximum absolute atomic E-state index is 12.5. The summed E-state index contributed by atoms with van der Waals surface area (Å²) < 4.78 is 0. The number of rotatable bonds is 4. The molecule has 0 saturated carbocycles. The largest absolute Gasteiger partial charge is 0.384 e. The zero-order valence-corrected chi connectivity index (χ0v) is 13.5. The molecule has 1 unspecified atom stereocenters. The predicted octanol–water partition coefficient (Wildman–Crippen LogP) is 3.35. The van der Waals surface area contributed by atoms with Gasteiger partial charge in [-0.05, 0) is 44.9 Å². The van der Waals surface area contributed by atoms with Gasteiger partial charge in [0.25, 0.3) is 0 Å². The highest BCUT2D eigenvalue weighted by atomic mass is 32.2. The molecule has 4 nitrogen and oxygen atoms in total. The van der Waals surface area contributed by atoms with E-state index in [1.807, 2.05) is 45.9 Å². The van der Waals surface area contributed by atoms with Crippen molar-refractivity contribution in [2.45, 2.75) is 38.1 Å². The highest BCUT2D eigenvalue weighted by Gasteiger charge is 2.18. The fourth-order valence-corrected chi connectivity index (χ4v) is 2.87. The Hall–Kier alpha value is -1.88. The fourth-order valence-electron chi connectivity index (χ4n) is 1.96. The molecule has 0 saturated heterocycles. The summed E-state index contributed by atoms with van der Waals surface area (Å²) in [4.78, 5) is 20.9. The summed E-state index contributed by atoms with van der Waals surface area (Å²) in [5.74, 6) is 0.502. The van der Waals surface area contributed by atoms with E-state index in [1.54, 1.807) is 6.07 Å². The maximum Gasteiger partial charge on any atom is 0.190 e. The summed E-state index contributed by atoms with van der Waals surface area (Å²) in [6, 6.07) is 7.48. The van der Waals surface area contributed by atoms with Gasteiger partial charge in [0.05, 0.1) is 5.25 Å². The van der Waals surface area contributed by atoms with E-state index in [4.69, 9.17) is 5.73 Å². The van der Waals surface area contributed by atoms with Crippen LogP contribution in [0.25, 0.3) is 0 Å². The van der Waals surface area contributed by atoms with Gasteiger partial charge < -0.3 is 5.73 Å². The van der Waals surface area contributed by atoms with Crippen LogP contribution in [0.4, 0.5) is 5.82 Å². The Balaban J connectivity index is 2.17. The van der Waals surface area contributed by atoms with Crippen molar-refractivity contribution in [2.75, 3.05) is 5.73 Å². The van der Waals surface area contributed by atoms with Crippen molar-refractivity contribution < 1.29 is 4.79 Å². The summed E-state index contributed by atoms with van der Waals surface area (Å²) in [5, 5.41) is 0.283. The molecule has 1 aromatic heterocycles. The molecule has 5 heteroatoms. The van der Waals surface area contributed by atoms with Gasteiger partial charge in [-0.25, -0.2) is 9.97 Å². The van der Waals surface area contributed by atoms with E-state index >= 15 is 0 Å². The summed E-state index contributed by atoms with van der Waals surface area (Å²) >= 11 is 1.33. The molecular formula is C16H19N3OS. The van der Waals surface area contributed by atoms with Crippen LogP contribution < -0.4 is 5.73 Å². The Bertz CT molecular complexity index is 665. The van der Waals surface area contributed by atoms with Gasteiger partial charge in [-0.1, -0.05) is 23.9 Å². The molecular weight excluding hydrogens is 282 g/mol. The lowest BCUT2D eigenvalue weighted by Gasteiger charge is -2.11. The molecule has 0 radical (unpaired) electrons. The average molecular weight is 301 g/mol. The lowest BCUT2D eigenvalue weighted by atomic mass is 10.0. The minimum Gasteiger partial charge on any atom is -0.384 e. The number of benzene rings is 1. The Kier molecular flexibility index (Phi) is 4.63. The van der Waals surface area contributed by atoms with Crippen molar-refractivity contribution in [2.24, 2.45) is 0 Å². The lowest BCUT2D eigenvalue weighted by molar-refractivity contribution is 0.0994. The molecule has 2 rings (SSSR count). The number of nitrogens with zero attached hydrogens (tertiary/aromatic N) is 2. The Morgan fingerprint density at radius 2 is 1.86 bits per heavy atom. The number of nitrogens with two attached hydrogens (primary N) is 1. The van der Waals surface area contributed by atoms with Gasteiger partial charge in [-0.15, -0.1) is 0 Å². The molecule has 0 bridgehead atoms. The Morgan fingerprint density at radius 1 is 1.14 bits per heavy atom. The maximum atomic E-state index is 12.5. The smallest absolute Gasteiger partial charge is 0.190 e. The minimum atomic E-state index is -0.256. The predicted molar refractivity (Wildman–Crippen MR) is 86.7 cm³/mol. The molecule has 21 heavy (non-hydrogen) atoms. The molecule has 0 fully saturated rings. The number of carbonyl (C=O) groups is 1. The molecule has 1 aromatic carbocycles. The zero-order valence-electron chi connectivity index (χ0n) is 12.7. The van der Waals surface area contributed by atoms with E-state index in [-0.39, 0.29) is 11.0 Å². The average Bonchev–Trinajstić information content (AvgIpc) is 2.39. The van der Waals surface area contributed by atoms with Gasteiger partial charge in [0.1, 0.15) is 5.82 Å². The number of thioether (sulfide) groups is 1. The van der Waals surface area contributed by atoms with Crippen LogP contribution in [0.3, 0.4) is 0 Å². The van der Waals surface area contributed by atoms with Crippen LogP contribution in [0.2, 0.25) is 0 Å².